The smallest absolute Gasteiger partial charge is 0.0766 e. The molecule has 2 heteroatoms. The van der Waals surface area contributed by atoms with Crippen LogP contribution in [0.2, 0.25) is 0 Å². The Morgan fingerprint density at radius 1 is 1.12 bits per heavy atom. The van der Waals surface area contributed by atoms with Crippen molar-refractivity contribution in [2.75, 3.05) is 6.54 Å². The Kier molecular flexibility index (Phi) is 5.77. The normalized spacial score (nSPS) is 23.8. The van der Waals surface area contributed by atoms with E-state index in [0.29, 0.717) is 12.0 Å². The zero-order valence-corrected chi connectivity index (χ0v) is 11.3. The number of aliphatic hydroxyl groups is 1. The van der Waals surface area contributed by atoms with Crippen molar-refractivity contribution in [2.24, 2.45) is 5.92 Å². The maximum absolute atomic E-state index is 10.2. The van der Waals surface area contributed by atoms with Crippen LogP contribution in [0.15, 0.2) is 0 Å². The minimum absolute atomic E-state index is 0.313. The molecule has 2 nitrogen and oxygen atoms in total. The van der Waals surface area contributed by atoms with E-state index in [1.165, 1.54) is 44.9 Å². The van der Waals surface area contributed by atoms with Crippen LogP contribution in [0.4, 0.5) is 0 Å². The minimum atomic E-state index is -0.567. The maximum atomic E-state index is 10.2. The second-order valence-electron chi connectivity index (χ2n) is 5.93. The third-order valence-electron chi connectivity index (χ3n) is 4.10. The lowest BCUT2D eigenvalue weighted by atomic mass is 9.91. The average molecular weight is 227 g/mol. The third kappa shape index (κ3) is 4.84. The molecule has 0 amide bonds. The predicted molar refractivity (Wildman–Crippen MR) is 69.6 cm³/mol. The molecule has 2 N–H and O–H groups in total. The van der Waals surface area contributed by atoms with Gasteiger partial charge < -0.3 is 10.4 Å². The van der Waals surface area contributed by atoms with Crippen LogP contribution in [0.3, 0.4) is 0 Å². The van der Waals surface area contributed by atoms with Gasteiger partial charge in [-0.3, -0.25) is 0 Å². The standard InChI is InChI=1S/C14H29NO/c1-12(2)14(3,16)11-15-13-9-7-5-4-6-8-10-13/h12-13,15-16H,4-11H2,1-3H3. The fraction of sp³-hybridized carbons (Fsp3) is 1.00. The van der Waals surface area contributed by atoms with E-state index >= 15 is 0 Å². The molecule has 0 bridgehead atoms. The van der Waals surface area contributed by atoms with Gasteiger partial charge >= 0.3 is 0 Å². The molecule has 0 heterocycles. The van der Waals surface area contributed by atoms with E-state index in [0.717, 1.165) is 6.54 Å². The summed E-state index contributed by atoms with van der Waals surface area (Å²) in [6.07, 6.45) is 9.46. The van der Waals surface area contributed by atoms with Crippen LogP contribution in [0.5, 0.6) is 0 Å². The monoisotopic (exact) mass is 227 g/mol. The Morgan fingerprint density at radius 3 is 2.12 bits per heavy atom. The molecule has 0 aliphatic heterocycles. The van der Waals surface area contributed by atoms with Gasteiger partial charge in [0, 0.05) is 12.6 Å². The molecule has 0 aromatic rings. The molecule has 1 aliphatic rings. The highest BCUT2D eigenvalue weighted by molar-refractivity contribution is 4.81. The molecule has 0 spiro atoms. The largest absolute Gasteiger partial charge is 0.389 e. The van der Waals surface area contributed by atoms with Crippen LogP contribution in [-0.2, 0) is 0 Å². The van der Waals surface area contributed by atoms with E-state index in [2.05, 4.69) is 19.2 Å². The van der Waals surface area contributed by atoms with Gasteiger partial charge in [0.2, 0.25) is 0 Å². The van der Waals surface area contributed by atoms with Gasteiger partial charge in [0.25, 0.3) is 0 Å². The van der Waals surface area contributed by atoms with Gasteiger partial charge in [0.05, 0.1) is 5.60 Å². The molecule has 0 aromatic heterocycles. The van der Waals surface area contributed by atoms with Gasteiger partial charge in [-0.05, 0) is 25.7 Å². The fourth-order valence-corrected chi connectivity index (χ4v) is 2.22. The van der Waals surface area contributed by atoms with Gasteiger partial charge in [-0.25, -0.2) is 0 Å². The Bertz CT molecular complexity index is 181. The van der Waals surface area contributed by atoms with Gasteiger partial charge in [-0.15, -0.1) is 0 Å². The summed E-state index contributed by atoms with van der Waals surface area (Å²) in [7, 11) is 0. The summed E-state index contributed by atoms with van der Waals surface area (Å²) >= 11 is 0. The molecular formula is C14H29NO. The average Bonchev–Trinajstić information content (AvgIpc) is 2.15. The van der Waals surface area contributed by atoms with E-state index in [9.17, 15) is 5.11 Å². The van der Waals surface area contributed by atoms with E-state index in [4.69, 9.17) is 0 Å². The molecule has 0 radical (unpaired) electrons. The van der Waals surface area contributed by atoms with Crippen molar-refractivity contribution in [3.8, 4) is 0 Å². The molecule has 1 atom stereocenters. The van der Waals surface area contributed by atoms with Crippen LogP contribution in [0.1, 0.15) is 65.7 Å². The van der Waals surface area contributed by atoms with E-state index < -0.39 is 5.60 Å². The summed E-state index contributed by atoms with van der Waals surface area (Å²) in [6, 6.07) is 0.630. The third-order valence-corrected chi connectivity index (χ3v) is 4.10. The first kappa shape index (κ1) is 14.0. The zero-order chi connectivity index (χ0) is 12.0. The second kappa shape index (κ2) is 6.61. The first-order valence-electron chi connectivity index (χ1n) is 6.98. The molecule has 96 valence electrons. The highest BCUT2D eigenvalue weighted by Crippen LogP contribution is 2.19. The molecule has 0 saturated heterocycles. The first-order valence-corrected chi connectivity index (χ1v) is 6.98. The van der Waals surface area contributed by atoms with Crippen molar-refractivity contribution >= 4 is 0 Å². The first-order chi connectivity index (χ1) is 7.52. The molecule has 1 fully saturated rings. The Labute approximate surface area is 101 Å². The topological polar surface area (TPSA) is 32.3 Å². The van der Waals surface area contributed by atoms with E-state index in [1.807, 2.05) is 6.92 Å². The molecule has 0 aromatic carbocycles. The lowest BCUT2D eigenvalue weighted by Crippen LogP contribution is -2.45. The second-order valence-corrected chi connectivity index (χ2v) is 5.93. The molecular weight excluding hydrogens is 198 g/mol. The maximum Gasteiger partial charge on any atom is 0.0766 e. The summed E-state index contributed by atoms with van der Waals surface area (Å²) in [5.74, 6) is 0.313. The van der Waals surface area contributed by atoms with Gasteiger partial charge in [0.15, 0.2) is 0 Å². The van der Waals surface area contributed by atoms with Crippen molar-refractivity contribution in [3.05, 3.63) is 0 Å². The Balaban J connectivity index is 2.29. The van der Waals surface area contributed by atoms with Crippen LogP contribution < -0.4 is 5.32 Å². The van der Waals surface area contributed by atoms with Crippen LogP contribution in [0.25, 0.3) is 0 Å². The van der Waals surface area contributed by atoms with E-state index in [1.54, 1.807) is 0 Å². The van der Waals surface area contributed by atoms with Gasteiger partial charge in [-0.2, -0.15) is 0 Å². The highest BCUT2D eigenvalue weighted by atomic mass is 16.3. The highest BCUT2D eigenvalue weighted by Gasteiger charge is 2.25. The minimum Gasteiger partial charge on any atom is -0.389 e. The zero-order valence-electron chi connectivity index (χ0n) is 11.3. The predicted octanol–water partition coefficient (Wildman–Crippen LogP) is 3.10. The summed E-state index contributed by atoms with van der Waals surface area (Å²) < 4.78 is 0. The fourth-order valence-electron chi connectivity index (χ4n) is 2.22. The molecule has 1 aliphatic carbocycles. The molecule has 1 unspecified atom stereocenters. The summed E-state index contributed by atoms with van der Waals surface area (Å²) in [4.78, 5) is 0. The van der Waals surface area contributed by atoms with Crippen molar-refractivity contribution in [1.29, 1.82) is 0 Å². The van der Waals surface area contributed by atoms with Crippen molar-refractivity contribution < 1.29 is 5.11 Å². The number of hydrogen-bond acceptors (Lipinski definition) is 2. The van der Waals surface area contributed by atoms with Crippen molar-refractivity contribution in [1.82, 2.24) is 5.32 Å². The van der Waals surface area contributed by atoms with Crippen molar-refractivity contribution in [3.63, 3.8) is 0 Å². The van der Waals surface area contributed by atoms with E-state index in [-0.39, 0.29) is 0 Å². The number of nitrogens with one attached hydrogen (secondary N) is 1. The Hall–Kier alpha value is -0.0800. The SMILES string of the molecule is CC(C)C(C)(O)CNC1CCCCCCC1. The van der Waals surface area contributed by atoms with Gasteiger partial charge in [-0.1, -0.05) is 46.0 Å². The lowest BCUT2D eigenvalue weighted by molar-refractivity contribution is 0.0111. The summed E-state index contributed by atoms with van der Waals surface area (Å²) in [5, 5.41) is 13.7. The summed E-state index contributed by atoms with van der Waals surface area (Å²) in [5.41, 5.74) is -0.567. The van der Waals surface area contributed by atoms with Crippen LogP contribution in [-0.4, -0.2) is 23.3 Å². The molecule has 1 rings (SSSR count). The lowest BCUT2D eigenvalue weighted by Gasteiger charge is -2.31. The Morgan fingerprint density at radius 2 is 1.62 bits per heavy atom. The summed E-state index contributed by atoms with van der Waals surface area (Å²) in [6.45, 7) is 6.84. The van der Waals surface area contributed by atoms with Crippen LogP contribution in [0, 0.1) is 5.92 Å². The molecule has 1 saturated carbocycles. The number of rotatable bonds is 4. The molecule has 16 heavy (non-hydrogen) atoms. The van der Waals surface area contributed by atoms with Crippen LogP contribution >= 0.6 is 0 Å². The quantitative estimate of drug-likeness (QED) is 0.773. The van der Waals surface area contributed by atoms with Gasteiger partial charge in [0.1, 0.15) is 0 Å². The number of hydrogen-bond donors (Lipinski definition) is 2. The van der Waals surface area contributed by atoms with Crippen molar-refractivity contribution in [2.45, 2.75) is 77.4 Å².